The molecule has 0 heterocycles. The van der Waals surface area contributed by atoms with Gasteiger partial charge in [0.15, 0.2) is 0 Å². The summed E-state index contributed by atoms with van der Waals surface area (Å²) in [5, 5.41) is 15.9. The molecule has 0 aliphatic rings. The third-order valence-electron chi connectivity index (χ3n) is 1.62. The van der Waals surface area contributed by atoms with Crippen LogP contribution in [0.3, 0.4) is 0 Å². The second kappa shape index (κ2) is 5.45. The van der Waals surface area contributed by atoms with E-state index in [9.17, 15) is 4.79 Å². The number of nitrogens with zero attached hydrogens (tertiary/aromatic N) is 2. The van der Waals surface area contributed by atoms with Gasteiger partial charge in [-0.1, -0.05) is 6.07 Å². The second-order valence-corrected chi connectivity index (χ2v) is 4.05. The molecule has 0 spiro atoms. The first-order valence-electron chi connectivity index (χ1n) is 4.15. The van der Waals surface area contributed by atoms with Gasteiger partial charge in [-0.25, -0.2) is 4.79 Å². The predicted octanol–water partition coefficient (Wildman–Crippen LogP) is 0.597. The van der Waals surface area contributed by atoms with Gasteiger partial charge in [0, 0.05) is 9.13 Å². The van der Waals surface area contributed by atoms with Gasteiger partial charge in [0.2, 0.25) is 5.96 Å². The van der Waals surface area contributed by atoms with Crippen molar-refractivity contribution in [1.29, 1.82) is 0 Å². The lowest BCUT2D eigenvalue weighted by atomic mass is 10.1. The van der Waals surface area contributed by atoms with E-state index < -0.39 is 5.97 Å². The third-order valence-corrected chi connectivity index (χ3v) is 2.29. The number of hydrogen-bond acceptors (Lipinski definition) is 3. The summed E-state index contributed by atoms with van der Waals surface area (Å²) in [4.78, 5) is 10.9. The van der Waals surface area contributed by atoms with Crippen LogP contribution in [0.25, 0.3) is 0 Å². The highest BCUT2D eigenvalue weighted by atomic mass is 127. The normalized spacial score (nSPS) is 10.3. The number of halogens is 1. The van der Waals surface area contributed by atoms with Gasteiger partial charge < -0.3 is 16.6 Å². The fourth-order valence-corrected chi connectivity index (χ4v) is 1.48. The zero-order valence-corrected chi connectivity index (χ0v) is 10.2. The fraction of sp³-hybridized carbons (Fsp3) is 0. The highest BCUT2D eigenvalue weighted by Crippen LogP contribution is 2.12. The van der Waals surface area contributed by atoms with Gasteiger partial charge in [0.05, 0.1) is 11.8 Å². The van der Waals surface area contributed by atoms with Crippen LogP contribution in [-0.4, -0.2) is 23.2 Å². The maximum absolute atomic E-state index is 10.9. The van der Waals surface area contributed by atoms with Gasteiger partial charge in [-0.3, -0.25) is 0 Å². The molecule has 0 unspecified atom stereocenters. The van der Waals surface area contributed by atoms with Crippen LogP contribution >= 0.6 is 22.6 Å². The summed E-state index contributed by atoms with van der Waals surface area (Å²) in [7, 11) is 0. The van der Waals surface area contributed by atoms with E-state index in [2.05, 4.69) is 10.2 Å². The Morgan fingerprint density at radius 2 is 2.12 bits per heavy atom. The average Bonchev–Trinajstić information content (AvgIpc) is 2.19. The summed E-state index contributed by atoms with van der Waals surface area (Å²) in [6.45, 7) is 0. The molecule has 6 nitrogen and oxygen atoms in total. The van der Waals surface area contributed by atoms with Crippen LogP contribution in [-0.2, 0) is 0 Å². The number of benzene rings is 1. The van der Waals surface area contributed by atoms with Gasteiger partial charge in [0.25, 0.3) is 0 Å². The third kappa shape index (κ3) is 3.50. The molecule has 0 bridgehead atoms. The molecular formula is C9H9IN4O2. The lowest BCUT2D eigenvalue weighted by Crippen LogP contribution is -2.21. The molecule has 0 saturated carbocycles. The first-order chi connectivity index (χ1) is 7.50. The average molecular weight is 332 g/mol. The minimum Gasteiger partial charge on any atom is -0.478 e. The summed E-state index contributed by atoms with van der Waals surface area (Å²) < 4.78 is 0.828. The van der Waals surface area contributed by atoms with Crippen molar-refractivity contribution in [1.82, 2.24) is 0 Å². The number of hydrogen-bond donors (Lipinski definition) is 3. The summed E-state index contributed by atoms with van der Waals surface area (Å²) in [5.74, 6) is -1.21. The SMILES string of the molecule is NC(N)=NN=Cc1ccc(I)cc1C(=O)O. The zero-order valence-electron chi connectivity index (χ0n) is 8.09. The first-order valence-corrected chi connectivity index (χ1v) is 5.23. The molecule has 84 valence electrons. The van der Waals surface area contributed by atoms with Gasteiger partial charge in [-0.15, -0.1) is 5.10 Å². The molecule has 0 aliphatic heterocycles. The highest BCUT2D eigenvalue weighted by molar-refractivity contribution is 14.1. The van der Waals surface area contributed by atoms with Gasteiger partial charge >= 0.3 is 5.97 Å². The predicted molar refractivity (Wildman–Crippen MR) is 69.5 cm³/mol. The van der Waals surface area contributed by atoms with Crippen molar-refractivity contribution in [3.8, 4) is 0 Å². The number of guanidine groups is 1. The largest absolute Gasteiger partial charge is 0.478 e. The van der Waals surface area contributed by atoms with Gasteiger partial charge in [-0.05, 0) is 34.7 Å². The number of carbonyl (C=O) groups is 1. The zero-order chi connectivity index (χ0) is 12.1. The molecule has 0 fully saturated rings. The van der Waals surface area contributed by atoms with E-state index in [0.717, 1.165) is 3.57 Å². The van der Waals surface area contributed by atoms with E-state index in [1.165, 1.54) is 6.21 Å². The quantitative estimate of drug-likeness (QED) is 0.325. The molecule has 0 radical (unpaired) electrons. The van der Waals surface area contributed by atoms with Crippen molar-refractivity contribution in [3.05, 3.63) is 32.9 Å². The van der Waals surface area contributed by atoms with Crippen LogP contribution in [0.1, 0.15) is 15.9 Å². The molecule has 1 aromatic carbocycles. The van der Waals surface area contributed by atoms with E-state index in [4.69, 9.17) is 16.6 Å². The Morgan fingerprint density at radius 3 is 2.69 bits per heavy atom. The Kier molecular flexibility index (Phi) is 4.23. The highest BCUT2D eigenvalue weighted by Gasteiger charge is 2.08. The second-order valence-electron chi connectivity index (χ2n) is 2.81. The number of aromatic carboxylic acids is 1. The Morgan fingerprint density at radius 1 is 1.44 bits per heavy atom. The first kappa shape index (κ1) is 12.4. The maximum Gasteiger partial charge on any atom is 0.336 e. The molecule has 16 heavy (non-hydrogen) atoms. The number of carboxylic acids is 1. The van der Waals surface area contributed by atoms with E-state index >= 15 is 0 Å². The monoisotopic (exact) mass is 332 g/mol. The Bertz CT molecular complexity index is 467. The van der Waals surface area contributed by atoms with Crippen molar-refractivity contribution in [2.75, 3.05) is 0 Å². The molecule has 0 aromatic heterocycles. The fourth-order valence-electron chi connectivity index (χ4n) is 0.984. The van der Waals surface area contributed by atoms with Crippen molar-refractivity contribution in [2.24, 2.45) is 21.7 Å². The van der Waals surface area contributed by atoms with Crippen molar-refractivity contribution >= 4 is 40.7 Å². The molecule has 7 heteroatoms. The Labute approximate surface area is 105 Å². The van der Waals surface area contributed by atoms with E-state index in [-0.39, 0.29) is 11.5 Å². The van der Waals surface area contributed by atoms with Crippen LogP contribution in [0, 0.1) is 3.57 Å². The van der Waals surface area contributed by atoms with E-state index in [1.54, 1.807) is 18.2 Å². The van der Waals surface area contributed by atoms with Crippen LogP contribution < -0.4 is 11.5 Å². The van der Waals surface area contributed by atoms with E-state index in [1.807, 2.05) is 22.6 Å². The minimum absolute atomic E-state index is 0.154. The van der Waals surface area contributed by atoms with Crippen molar-refractivity contribution in [2.45, 2.75) is 0 Å². The van der Waals surface area contributed by atoms with Crippen LogP contribution in [0.5, 0.6) is 0 Å². The molecule has 0 atom stereocenters. The summed E-state index contributed by atoms with van der Waals surface area (Å²) in [5.41, 5.74) is 10.7. The standard InChI is InChI=1S/C9H9IN4O2/c10-6-2-1-5(4-13-14-9(11)12)7(3-6)8(15)16/h1-4H,(H,15,16)(H4,11,12,14). The topological polar surface area (TPSA) is 114 Å². The van der Waals surface area contributed by atoms with Crippen LogP contribution in [0.2, 0.25) is 0 Å². The van der Waals surface area contributed by atoms with Gasteiger partial charge in [-0.2, -0.15) is 5.10 Å². The van der Waals surface area contributed by atoms with Crippen molar-refractivity contribution in [3.63, 3.8) is 0 Å². The Balaban J connectivity index is 3.09. The number of nitrogens with two attached hydrogens (primary N) is 2. The lowest BCUT2D eigenvalue weighted by Gasteiger charge is -2.00. The minimum atomic E-state index is -1.02. The molecule has 5 N–H and O–H groups in total. The van der Waals surface area contributed by atoms with Crippen LogP contribution in [0.15, 0.2) is 28.4 Å². The molecule has 0 aliphatic carbocycles. The summed E-state index contributed by atoms with van der Waals surface area (Å²) in [6.07, 6.45) is 1.29. The molecule has 0 amide bonds. The summed E-state index contributed by atoms with van der Waals surface area (Å²) >= 11 is 2.03. The number of carboxylic acid groups (broad SMARTS) is 1. The Hall–Kier alpha value is -1.64. The molecule has 1 aromatic rings. The van der Waals surface area contributed by atoms with Crippen LogP contribution in [0.4, 0.5) is 0 Å². The lowest BCUT2D eigenvalue weighted by molar-refractivity contribution is 0.0696. The molecular weight excluding hydrogens is 323 g/mol. The summed E-state index contributed by atoms with van der Waals surface area (Å²) in [6, 6.07) is 4.95. The number of rotatable bonds is 3. The molecule has 1 rings (SSSR count). The van der Waals surface area contributed by atoms with E-state index in [0.29, 0.717) is 5.56 Å². The maximum atomic E-state index is 10.9. The molecule has 0 saturated heterocycles. The smallest absolute Gasteiger partial charge is 0.336 e. The van der Waals surface area contributed by atoms with Crippen molar-refractivity contribution < 1.29 is 9.90 Å². The van der Waals surface area contributed by atoms with Gasteiger partial charge in [0.1, 0.15) is 0 Å².